The number of hydrogen-bond donors (Lipinski definition) is 0. The van der Waals surface area contributed by atoms with Gasteiger partial charge in [-0.15, -0.1) is 11.8 Å². The largest absolute Gasteiger partial charge is 0.467 e. The molecule has 1 aromatic carbocycles. The van der Waals surface area contributed by atoms with E-state index in [9.17, 15) is 9.59 Å². The number of methoxy groups -OCH3 is 1. The van der Waals surface area contributed by atoms with Gasteiger partial charge in [-0.2, -0.15) is 0 Å². The molecule has 1 fully saturated rings. The second kappa shape index (κ2) is 7.08. The van der Waals surface area contributed by atoms with Gasteiger partial charge < -0.3 is 4.74 Å². The van der Waals surface area contributed by atoms with E-state index in [1.807, 2.05) is 0 Å². The van der Waals surface area contributed by atoms with Crippen molar-refractivity contribution in [1.82, 2.24) is 9.47 Å². The quantitative estimate of drug-likeness (QED) is 0.744. The van der Waals surface area contributed by atoms with Crippen molar-refractivity contribution in [3.63, 3.8) is 0 Å². The lowest BCUT2D eigenvalue weighted by Crippen LogP contribution is -2.33. The number of carbonyl (C=O) groups is 1. The zero-order valence-corrected chi connectivity index (χ0v) is 16.8. The highest BCUT2D eigenvalue weighted by Gasteiger charge is 2.38. The van der Waals surface area contributed by atoms with Gasteiger partial charge in [0.15, 0.2) is 0 Å². The van der Waals surface area contributed by atoms with Crippen LogP contribution in [0.2, 0.25) is 0 Å². The molecule has 3 heterocycles. The SMILES string of the molecule is COC(=O)[C@@H]1CSc2c(C3CC3)c(CN3CCc4ccccc4C3)cc(=O)n21. The normalized spacial score (nSPS) is 21.2. The molecule has 0 N–H and O–H groups in total. The molecule has 6 heteroatoms. The zero-order valence-electron chi connectivity index (χ0n) is 16.0. The third kappa shape index (κ3) is 3.08. The summed E-state index contributed by atoms with van der Waals surface area (Å²) in [5.74, 6) is 0.788. The van der Waals surface area contributed by atoms with Crippen molar-refractivity contribution in [1.29, 1.82) is 0 Å². The molecule has 5 rings (SSSR count). The van der Waals surface area contributed by atoms with Crippen molar-refractivity contribution >= 4 is 17.7 Å². The number of esters is 1. The van der Waals surface area contributed by atoms with E-state index in [1.54, 1.807) is 22.4 Å². The number of carbonyl (C=O) groups excluding carboxylic acids is 1. The predicted octanol–water partition coefficient (Wildman–Crippen LogP) is 3.10. The van der Waals surface area contributed by atoms with Crippen LogP contribution in [0.4, 0.5) is 0 Å². The first kappa shape index (κ1) is 18.0. The molecule has 3 aliphatic rings. The Kier molecular flexibility index (Phi) is 4.56. The minimum atomic E-state index is -0.495. The summed E-state index contributed by atoms with van der Waals surface area (Å²) >= 11 is 1.64. The minimum absolute atomic E-state index is 0.0767. The molecular formula is C22H24N2O3S. The van der Waals surface area contributed by atoms with Crippen molar-refractivity contribution < 1.29 is 9.53 Å². The Morgan fingerprint density at radius 1 is 1.25 bits per heavy atom. The number of pyridine rings is 1. The Morgan fingerprint density at radius 2 is 2.04 bits per heavy atom. The van der Waals surface area contributed by atoms with Gasteiger partial charge in [-0.1, -0.05) is 24.3 Å². The average molecular weight is 397 g/mol. The molecule has 1 aliphatic carbocycles. The van der Waals surface area contributed by atoms with Gasteiger partial charge in [0.1, 0.15) is 6.04 Å². The summed E-state index contributed by atoms with van der Waals surface area (Å²) in [6, 6.07) is 9.91. The molecule has 2 aliphatic heterocycles. The van der Waals surface area contributed by atoms with E-state index >= 15 is 0 Å². The average Bonchev–Trinajstić information content (AvgIpc) is 3.44. The molecule has 0 amide bonds. The van der Waals surface area contributed by atoms with Gasteiger partial charge in [-0.25, -0.2) is 4.79 Å². The summed E-state index contributed by atoms with van der Waals surface area (Å²) in [6.45, 7) is 2.74. The lowest BCUT2D eigenvalue weighted by molar-refractivity contribution is -0.143. The highest BCUT2D eigenvalue weighted by atomic mass is 32.2. The van der Waals surface area contributed by atoms with Crippen molar-refractivity contribution in [2.75, 3.05) is 19.4 Å². The molecule has 0 spiro atoms. The van der Waals surface area contributed by atoms with E-state index in [4.69, 9.17) is 4.74 Å². The standard InChI is InChI=1S/C22H24N2O3S/c1-27-22(26)18-13-28-21-20(15-6-7-15)17(10-19(25)24(18)21)12-23-9-8-14-4-2-3-5-16(14)11-23/h2-5,10,15,18H,6-9,11-13H2,1H3/t18-/m0/s1. The first-order chi connectivity index (χ1) is 13.7. The van der Waals surface area contributed by atoms with Crippen LogP contribution < -0.4 is 5.56 Å². The van der Waals surface area contributed by atoms with Crippen LogP contribution in [0.1, 0.15) is 47.1 Å². The Morgan fingerprint density at radius 3 is 2.79 bits per heavy atom. The smallest absolute Gasteiger partial charge is 0.329 e. The van der Waals surface area contributed by atoms with E-state index in [1.165, 1.54) is 36.6 Å². The van der Waals surface area contributed by atoms with Gasteiger partial charge in [0.05, 0.1) is 12.1 Å². The van der Waals surface area contributed by atoms with Gasteiger partial charge in [-0.3, -0.25) is 14.3 Å². The van der Waals surface area contributed by atoms with Gasteiger partial charge in [-0.05, 0) is 47.4 Å². The van der Waals surface area contributed by atoms with Gasteiger partial charge in [0.25, 0.3) is 5.56 Å². The van der Waals surface area contributed by atoms with E-state index in [2.05, 4.69) is 29.2 Å². The van der Waals surface area contributed by atoms with Gasteiger partial charge in [0, 0.05) is 31.5 Å². The molecule has 146 valence electrons. The number of benzene rings is 1. The van der Waals surface area contributed by atoms with Gasteiger partial charge in [0.2, 0.25) is 0 Å². The maximum absolute atomic E-state index is 12.9. The number of hydrogen-bond acceptors (Lipinski definition) is 5. The van der Waals surface area contributed by atoms with Crippen LogP contribution in [0.25, 0.3) is 0 Å². The molecule has 0 radical (unpaired) electrons. The Balaban J connectivity index is 1.49. The van der Waals surface area contributed by atoms with E-state index in [0.29, 0.717) is 11.7 Å². The number of thioether (sulfide) groups is 1. The summed E-state index contributed by atoms with van der Waals surface area (Å²) in [5, 5.41) is 0.998. The highest BCUT2D eigenvalue weighted by Crippen LogP contribution is 2.48. The number of aromatic nitrogens is 1. The molecule has 1 atom stereocenters. The Bertz CT molecular complexity index is 996. The summed E-state index contributed by atoms with van der Waals surface area (Å²) < 4.78 is 6.61. The molecule has 5 nitrogen and oxygen atoms in total. The first-order valence-electron chi connectivity index (χ1n) is 9.93. The topological polar surface area (TPSA) is 51.5 Å². The minimum Gasteiger partial charge on any atom is -0.467 e. The Labute approximate surface area is 168 Å². The maximum atomic E-state index is 12.9. The fourth-order valence-corrected chi connectivity index (χ4v) is 5.93. The van der Waals surface area contributed by atoms with E-state index in [-0.39, 0.29) is 11.5 Å². The molecule has 0 bridgehead atoms. The van der Waals surface area contributed by atoms with Crippen LogP contribution in [0.15, 0.2) is 40.2 Å². The highest BCUT2D eigenvalue weighted by molar-refractivity contribution is 7.99. The zero-order chi connectivity index (χ0) is 19.3. The first-order valence-corrected chi connectivity index (χ1v) is 10.9. The number of nitrogens with zero attached hydrogens (tertiary/aromatic N) is 2. The lowest BCUT2D eigenvalue weighted by Gasteiger charge is -2.29. The van der Waals surface area contributed by atoms with Crippen molar-refractivity contribution in [2.24, 2.45) is 0 Å². The molecule has 2 aromatic rings. The van der Waals surface area contributed by atoms with Crippen molar-refractivity contribution in [3.8, 4) is 0 Å². The fourth-order valence-electron chi connectivity index (χ4n) is 4.52. The molecule has 1 saturated carbocycles. The van der Waals surface area contributed by atoms with E-state index in [0.717, 1.165) is 36.6 Å². The van der Waals surface area contributed by atoms with Crippen LogP contribution in [0.5, 0.6) is 0 Å². The fraction of sp³-hybridized carbons (Fsp3) is 0.455. The van der Waals surface area contributed by atoms with Crippen LogP contribution in [0, 0.1) is 0 Å². The number of ether oxygens (including phenoxy) is 1. The van der Waals surface area contributed by atoms with Crippen LogP contribution in [-0.4, -0.2) is 34.8 Å². The van der Waals surface area contributed by atoms with Crippen LogP contribution in [-0.2, 0) is 29.0 Å². The van der Waals surface area contributed by atoms with Crippen molar-refractivity contribution in [2.45, 2.75) is 49.3 Å². The monoisotopic (exact) mass is 396 g/mol. The third-order valence-corrected chi connectivity index (χ3v) is 7.25. The Hall–Kier alpha value is -2.05. The summed E-state index contributed by atoms with van der Waals surface area (Å²) in [6.07, 6.45) is 3.40. The van der Waals surface area contributed by atoms with Gasteiger partial charge >= 0.3 is 5.97 Å². The number of rotatable bonds is 4. The summed E-state index contributed by atoms with van der Waals surface area (Å²) in [4.78, 5) is 27.5. The molecular weight excluding hydrogens is 372 g/mol. The third-order valence-electron chi connectivity index (χ3n) is 6.08. The van der Waals surface area contributed by atoms with Crippen molar-refractivity contribution in [3.05, 3.63) is 62.9 Å². The molecule has 1 aromatic heterocycles. The molecule has 0 unspecified atom stereocenters. The second-order valence-corrected chi connectivity index (χ2v) is 8.96. The summed E-state index contributed by atoms with van der Waals surface area (Å²) in [5.41, 5.74) is 5.20. The second-order valence-electron chi connectivity index (χ2n) is 7.95. The maximum Gasteiger partial charge on any atom is 0.329 e. The molecule has 0 saturated heterocycles. The summed E-state index contributed by atoms with van der Waals surface area (Å²) in [7, 11) is 1.39. The molecule has 28 heavy (non-hydrogen) atoms. The van der Waals surface area contributed by atoms with E-state index < -0.39 is 6.04 Å². The number of fused-ring (bicyclic) bond motifs is 2. The lowest BCUT2D eigenvalue weighted by atomic mass is 9.98. The van der Waals surface area contributed by atoms with Crippen LogP contribution in [0.3, 0.4) is 0 Å². The van der Waals surface area contributed by atoms with Crippen LogP contribution >= 0.6 is 11.8 Å². The predicted molar refractivity (Wildman–Crippen MR) is 109 cm³/mol.